The van der Waals surface area contributed by atoms with Crippen molar-refractivity contribution in [2.24, 2.45) is 100 Å². The van der Waals surface area contributed by atoms with E-state index in [1.807, 2.05) is 45.9 Å². The molecule has 16 atom stereocenters. The summed E-state index contributed by atoms with van der Waals surface area (Å²) in [6.07, 6.45) is 21.1. The number of carbonyl (C=O) groups excluding carboxylic acids is 6. The fourth-order valence-corrected chi connectivity index (χ4v) is 22.0. The number of rotatable bonds is 6. The van der Waals surface area contributed by atoms with Crippen LogP contribution in [0.2, 0.25) is 0 Å². The van der Waals surface area contributed by atoms with E-state index in [1.165, 1.54) is 7.40 Å². The summed E-state index contributed by atoms with van der Waals surface area (Å²) in [5, 5.41) is 0. The lowest BCUT2D eigenvalue weighted by molar-refractivity contribution is -0.180. The average molecular weight is 1070 g/mol. The van der Waals surface area contributed by atoms with Crippen molar-refractivity contribution >= 4 is 34.7 Å². The molecule has 11 rings (SSSR count). The molecule has 9 nitrogen and oxygen atoms in total. The standard InChI is InChI=1S/C34H47NO4.C34H47NO3.CH4/c1-10-11-24(37)33-16-14-28(2,3)19-20(33)25-21(36)18-23-30(6,31(25,7)15-17-33)13-12-22-29(4,5)26(38)34(35-9)27(39-34)32(22,23)8;1-10-11-26(37)34-16-14-29(2,3)19-21(34)27-23(36)18-25-31(6)20-22(35-9)28(38)30(4,5)24(31)12-13-32(25,7)33(27,8)15-17-34;/h18,20,22,25,27H,10-17,19H2,1-8H3;18,20-21,24,27H,10-17,19H2,1-8H3;1H4/t20-,22-,25-,27+,30+,31+,32-,33-,34-;21-,24-,27-,31-,32+,33+,34-;/m00./s1/i;;1T. The lowest BCUT2D eigenvalue weighted by atomic mass is 9.33. The summed E-state index contributed by atoms with van der Waals surface area (Å²) < 4.78 is 11.9. The summed E-state index contributed by atoms with van der Waals surface area (Å²) in [6.45, 7) is 50.9. The van der Waals surface area contributed by atoms with E-state index < -0.39 is 33.5 Å². The quantitative estimate of drug-likeness (QED) is 0.192. The minimum atomic E-state index is -1.41. The molecule has 11 aliphatic rings. The van der Waals surface area contributed by atoms with Crippen molar-refractivity contribution in [3.63, 3.8) is 0 Å². The lowest BCUT2D eigenvalue weighted by Gasteiger charge is -2.69. The number of allylic oxidation sites excluding steroid dienone is 5. The van der Waals surface area contributed by atoms with Crippen LogP contribution in [0.4, 0.5) is 0 Å². The van der Waals surface area contributed by atoms with Gasteiger partial charge in [0.2, 0.25) is 5.70 Å². The summed E-state index contributed by atoms with van der Waals surface area (Å²) in [7, 11) is 1.25. The van der Waals surface area contributed by atoms with Crippen molar-refractivity contribution in [1.29, 1.82) is 0 Å². The molecule has 0 aromatic heterocycles. The number of carbonyl (C=O) groups is 6. The Morgan fingerprint density at radius 2 is 1.05 bits per heavy atom. The second-order valence-electron chi connectivity index (χ2n) is 31.8. The molecule has 1 saturated heterocycles. The molecule has 1 aliphatic heterocycles. The summed E-state index contributed by atoms with van der Waals surface area (Å²) in [6, 6.07) is 0. The number of Topliss-reactive ketones (excluding diaryl/α,β-unsaturated/α-hetero) is 4. The van der Waals surface area contributed by atoms with E-state index in [0.717, 1.165) is 114 Å². The van der Waals surface area contributed by atoms with Crippen LogP contribution < -0.4 is 0 Å². The Balaban J connectivity index is 0.000000186. The Kier molecular flexibility index (Phi) is 13.1. The third-order valence-corrected chi connectivity index (χ3v) is 26.6. The Hall–Kier alpha value is -3.82. The van der Waals surface area contributed by atoms with Gasteiger partial charge in [0.1, 0.15) is 11.6 Å². The fraction of sp³-hybridized carbons (Fsp3) is 0.797. The van der Waals surface area contributed by atoms with Gasteiger partial charge in [-0.25, -0.2) is 11.4 Å². The van der Waals surface area contributed by atoms with Crippen LogP contribution in [0.5, 0.6) is 0 Å². The molecule has 1 heterocycles. The van der Waals surface area contributed by atoms with Crippen LogP contribution in [0, 0.1) is 114 Å². The first-order valence-corrected chi connectivity index (χ1v) is 30.4. The molecule has 7 saturated carbocycles. The molecule has 78 heavy (non-hydrogen) atoms. The predicted molar refractivity (Wildman–Crippen MR) is 306 cm³/mol. The van der Waals surface area contributed by atoms with Crippen LogP contribution in [-0.4, -0.2) is 46.5 Å². The number of fused-ring (bicyclic) bond motifs is 16. The number of epoxide rings is 1. The van der Waals surface area contributed by atoms with Gasteiger partial charge in [0.25, 0.3) is 5.78 Å². The van der Waals surface area contributed by atoms with Gasteiger partial charge in [0, 0.05) is 58.5 Å². The SMILES string of the molecule is [3H]C.[C-]#[N+]C1=C[C@]2(C)C3=CC(=O)[C@@H]4[C@@H]5CC(C)(C)CC[C@]5(C(=O)CCC)CC[C@@]4(C)[C@]3(C)CC[C@H]2C(C)(C)C1=O.[C-]#[N+][C@@]12O[C@@H]1[C@]1(C)C3=CC(=O)[C@@H]4[C@@H]5CC(C)(C)CC[C@]5(C(=O)CCC)CC[C@@]4(C)[C@]3(C)CC[C@H]1C(C)(C)C2=O. The highest BCUT2D eigenvalue weighted by molar-refractivity contribution is 6.03. The van der Waals surface area contributed by atoms with Gasteiger partial charge in [-0.05, 0) is 171 Å². The fourth-order valence-electron chi connectivity index (χ4n) is 22.0. The molecule has 0 aromatic carbocycles. The molecular weight excluding hydrogens is 969 g/mol. The molecule has 0 bridgehead atoms. The van der Waals surface area contributed by atoms with E-state index in [1.54, 1.807) is 0 Å². The Morgan fingerprint density at radius 3 is 1.50 bits per heavy atom. The first-order valence-electron chi connectivity index (χ1n) is 31.4. The van der Waals surface area contributed by atoms with Crippen LogP contribution >= 0.6 is 0 Å². The second-order valence-corrected chi connectivity index (χ2v) is 31.8. The highest BCUT2D eigenvalue weighted by atomic mass is 16.6. The number of hydrogen-bond donors (Lipinski definition) is 0. The van der Waals surface area contributed by atoms with Crippen molar-refractivity contribution in [2.45, 2.75) is 246 Å². The van der Waals surface area contributed by atoms with Crippen molar-refractivity contribution < 1.29 is 34.9 Å². The first kappa shape index (κ1) is 57.4. The zero-order valence-corrected chi connectivity index (χ0v) is 51.3. The van der Waals surface area contributed by atoms with Crippen LogP contribution in [-0.2, 0) is 33.5 Å². The molecule has 0 radical (unpaired) electrons. The van der Waals surface area contributed by atoms with Gasteiger partial charge in [0.15, 0.2) is 23.5 Å². The minimum Gasteiger partial charge on any atom is -0.307 e. The normalized spacial score (nSPS) is 47.3. The van der Waals surface area contributed by atoms with Gasteiger partial charge in [-0.3, -0.25) is 33.6 Å². The highest BCUT2D eigenvalue weighted by Crippen LogP contribution is 2.79. The van der Waals surface area contributed by atoms with E-state index in [0.29, 0.717) is 24.4 Å². The maximum absolute atomic E-state index is 14.6. The smallest absolute Gasteiger partial charge is 0.307 e. The number of nitrogens with zero attached hydrogens (tertiary/aromatic N) is 2. The zero-order valence-electron chi connectivity index (χ0n) is 52.3. The number of ether oxygens (including phenoxy) is 1. The van der Waals surface area contributed by atoms with E-state index in [2.05, 4.69) is 92.8 Å². The average Bonchev–Trinajstić information content (AvgIpc) is 2.11. The molecule has 9 heteroatoms. The largest absolute Gasteiger partial charge is 0.424 e. The molecule has 0 spiro atoms. The summed E-state index contributed by atoms with van der Waals surface area (Å²) in [4.78, 5) is 91.0. The minimum absolute atomic E-state index is 0.0228. The van der Waals surface area contributed by atoms with Gasteiger partial charge in [-0.2, -0.15) is 0 Å². The van der Waals surface area contributed by atoms with Gasteiger partial charge in [0.05, 0.1) is 6.57 Å². The zero-order chi connectivity index (χ0) is 58.7. The summed E-state index contributed by atoms with van der Waals surface area (Å²) in [5.74, 6) is 0.874. The summed E-state index contributed by atoms with van der Waals surface area (Å²) in [5.41, 5.74) is -2.86. The lowest BCUT2D eigenvalue weighted by Crippen LogP contribution is -2.67. The van der Waals surface area contributed by atoms with Gasteiger partial charge in [-0.15, -0.1) is 0 Å². The van der Waals surface area contributed by atoms with Gasteiger partial charge < -0.3 is 4.79 Å². The van der Waals surface area contributed by atoms with Crippen molar-refractivity contribution in [3.05, 3.63) is 57.9 Å². The molecule has 0 unspecified atom stereocenters. The topological polar surface area (TPSA) is 124 Å². The molecule has 0 N–H and O–H groups in total. The third kappa shape index (κ3) is 7.21. The number of ketones is 6. The molecule has 10 aliphatic carbocycles. The molecule has 426 valence electrons. The third-order valence-electron chi connectivity index (χ3n) is 26.6. The Labute approximate surface area is 471 Å². The van der Waals surface area contributed by atoms with E-state index in [-0.39, 0.29) is 108 Å². The Morgan fingerprint density at radius 1 is 0.615 bits per heavy atom. The maximum Gasteiger partial charge on any atom is 0.424 e. The van der Waals surface area contributed by atoms with Gasteiger partial charge >= 0.3 is 5.72 Å². The second kappa shape index (κ2) is 17.8. The maximum atomic E-state index is 14.6. The molecule has 8 fully saturated rings. The van der Waals surface area contributed by atoms with Crippen molar-refractivity contribution in [3.8, 4) is 0 Å². The van der Waals surface area contributed by atoms with E-state index in [9.17, 15) is 28.8 Å². The van der Waals surface area contributed by atoms with E-state index in [4.69, 9.17) is 19.3 Å². The molecular formula is C69H98N2O7. The Bertz CT molecular complexity index is 2850. The van der Waals surface area contributed by atoms with Crippen LogP contribution in [0.15, 0.2) is 35.1 Å². The van der Waals surface area contributed by atoms with Crippen molar-refractivity contribution in [1.82, 2.24) is 0 Å². The molecule has 0 aromatic rings. The predicted octanol–water partition coefficient (Wildman–Crippen LogP) is 15.7. The van der Waals surface area contributed by atoms with Crippen LogP contribution in [0.1, 0.15) is 235 Å². The molecule has 0 amide bonds. The summed E-state index contributed by atoms with van der Waals surface area (Å²) >= 11 is 0. The van der Waals surface area contributed by atoms with Crippen LogP contribution in [0.3, 0.4) is 0 Å². The number of hydrogen-bond acceptors (Lipinski definition) is 7. The van der Waals surface area contributed by atoms with E-state index >= 15 is 0 Å². The monoisotopic (exact) mass is 1070 g/mol. The first-order chi connectivity index (χ1) is 36.6. The van der Waals surface area contributed by atoms with Crippen LogP contribution in [0.25, 0.3) is 9.69 Å². The van der Waals surface area contributed by atoms with Crippen molar-refractivity contribution in [2.75, 3.05) is 0 Å². The van der Waals surface area contributed by atoms with Gasteiger partial charge in [-0.1, -0.05) is 135 Å². The highest BCUT2D eigenvalue weighted by Gasteiger charge is 2.87.